The molecule has 2 atom stereocenters. The third-order valence-corrected chi connectivity index (χ3v) is 3.95. The van der Waals surface area contributed by atoms with Crippen LogP contribution in [0, 0.1) is 18.3 Å². The molecular formula is C21H21N3O4. The van der Waals surface area contributed by atoms with Gasteiger partial charge in [-0.15, -0.1) is 0 Å². The van der Waals surface area contributed by atoms with Gasteiger partial charge < -0.3 is 15.4 Å². The molecule has 0 spiro atoms. The van der Waals surface area contributed by atoms with Crippen molar-refractivity contribution >= 4 is 23.5 Å². The summed E-state index contributed by atoms with van der Waals surface area (Å²) in [5.74, 6) is -1.72. The summed E-state index contributed by atoms with van der Waals surface area (Å²) < 4.78 is 5.13. The van der Waals surface area contributed by atoms with Crippen LogP contribution < -0.4 is 10.6 Å². The Hall–Kier alpha value is -3.66. The van der Waals surface area contributed by atoms with Gasteiger partial charge in [0, 0.05) is 5.56 Å². The van der Waals surface area contributed by atoms with Crippen LogP contribution in [0.4, 0.5) is 5.69 Å². The van der Waals surface area contributed by atoms with Gasteiger partial charge in [0.25, 0.3) is 11.8 Å². The number of ether oxygens (including phenoxy) is 1. The monoisotopic (exact) mass is 379 g/mol. The van der Waals surface area contributed by atoms with Crippen molar-refractivity contribution in [2.45, 2.75) is 32.9 Å². The molecule has 2 aromatic rings. The van der Waals surface area contributed by atoms with Crippen LogP contribution >= 0.6 is 0 Å². The summed E-state index contributed by atoms with van der Waals surface area (Å²) in [4.78, 5) is 36.6. The van der Waals surface area contributed by atoms with E-state index in [1.807, 2.05) is 19.1 Å². The predicted molar refractivity (Wildman–Crippen MR) is 103 cm³/mol. The minimum Gasteiger partial charge on any atom is -0.451 e. The number of carbonyl (C=O) groups excluding carboxylic acids is 3. The Morgan fingerprint density at radius 2 is 1.79 bits per heavy atom. The van der Waals surface area contributed by atoms with Gasteiger partial charge in [0.05, 0.1) is 11.3 Å². The van der Waals surface area contributed by atoms with Crippen molar-refractivity contribution in [2.24, 2.45) is 0 Å². The molecule has 0 saturated carbocycles. The predicted octanol–water partition coefficient (Wildman–Crippen LogP) is 2.56. The first-order valence-electron chi connectivity index (χ1n) is 8.70. The van der Waals surface area contributed by atoms with Gasteiger partial charge in [0.2, 0.25) is 0 Å². The van der Waals surface area contributed by atoms with Gasteiger partial charge in [-0.25, -0.2) is 4.79 Å². The van der Waals surface area contributed by atoms with Crippen LogP contribution in [0.25, 0.3) is 0 Å². The number of hydrogen-bond donors (Lipinski definition) is 2. The summed E-state index contributed by atoms with van der Waals surface area (Å²) in [6, 6.07) is 14.5. The third kappa shape index (κ3) is 5.42. The maximum absolute atomic E-state index is 12.2. The number of nitrogens with zero attached hydrogens (tertiary/aromatic N) is 1. The number of amides is 2. The largest absolute Gasteiger partial charge is 0.451 e. The Labute approximate surface area is 163 Å². The van der Waals surface area contributed by atoms with Crippen molar-refractivity contribution in [1.82, 2.24) is 5.32 Å². The summed E-state index contributed by atoms with van der Waals surface area (Å²) in [5.41, 5.74) is 1.98. The molecule has 0 aliphatic rings. The average molecular weight is 379 g/mol. The van der Waals surface area contributed by atoms with Crippen molar-refractivity contribution in [3.63, 3.8) is 0 Å². The van der Waals surface area contributed by atoms with Gasteiger partial charge in [-0.3, -0.25) is 9.59 Å². The highest BCUT2D eigenvalue weighted by atomic mass is 16.5. The van der Waals surface area contributed by atoms with Crippen LogP contribution in [-0.4, -0.2) is 29.9 Å². The second-order valence-corrected chi connectivity index (χ2v) is 6.29. The van der Waals surface area contributed by atoms with Gasteiger partial charge in [0.1, 0.15) is 12.1 Å². The van der Waals surface area contributed by atoms with E-state index < -0.39 is 29.9 Å². The van der Waals surface area contributed by atoms with Crippen LogP contribution in [0.15, 0.2) is 48.5 Å². The number of benzene rings is 2. The summed E-state index contributed by atoms with van der Waals surface area (Å²) >= 11 is 0. The zero-order chi connectivity index (χ0) is 20.7. The number of esters is 1. The SMILES string of the molecule is Cc1cccc(C(=O)N[C@@H](C)C(=O)O[C@@H](C)C(=O)Nc2ccccc2C#N)c1. The lowest BCUT2D eigenvalue weighted by Crippen LogP contribution is -2.42. The molecule has 0 aliphatic carbocycles. The number of anilines is 1. The first-order chi connectivity index (χ1) is 13.3. The highest BCUT2D eigenvalue weighted by Crippen LogP contribution is 2.14. The molecule has 2 N–H and O–H groups in total. The van der Waals surface area contributed by atoms with Crippen LogP contribution in [0.1, 0.15) is 35.3 Å². The molecule has 0 fully saturated rings. The van der Waals surface area contributed by atoms with Crippen LogP contribution in [-0.2, 0) is 14.3 Å². The molecule has 2 aromatic carbocycles. The smallest absolute Gasteiger partial charge is 0.329 e. The summed E-state index contributed by atoms with van der Waals surface area (Å²) in [7, 11) is 0. The van der Waals surface area contributed by atoms with Crippen LogP contribution in [0.3, 0.4) is 0 Å². The Kier molecular flexibility index (Phi) is 6.88. The topological polar surface area (TPSA) is 108 Å². The van der Waals surface area contributed by atoms with Gasteiger partial charge in [0.15, 0.2) is 6.10 Å². The van der Waals surface area contributed by atoms with Crippen molar-refractivity contribution in [1.29, 1.82) is 5.26 Å². The Morgan fingerprint density at radius 3 is 2.46 bits per heavy atom. The number of para-hydroxylation sites is 1. The Balaban J connectivity index is 1.92. The normalized spacial score (nSPS) is 12.2. The van der Waals surface area contributed by atoms with E-state index in [0.717, 1.165) is 5.56 Å². The Bertz CT molecular complexity index is 933. The highest BCUT2D eigenvalue weighted by molar-refractivity contribution is 5.98. The quantitative estimate of drug-likeness (QED) is 0.750. The molecule has 28 heavy (non-hydrogen) atoms. The maximum atomic E-state index is 12.2. The fourth-order valence-corrected chi connectivity index (χ4v) is 2.38. The van der Waals surface area contributed by atoms with E-state index in [2.05, 4.69) is 10.6 Å². The fourth-order valence-electron chi connectivity index (χ4n) is 2.38. The maximum Gasteiger partial charge on any atom is 0.329 e. The summed E-state index contributed by atoms with van der Waals surface area (Å²) in [6.07, 6.45) is -1.10. The number of aryl methyl sites for hydroxylation is 1. The first kappa shape index (κ1) is 20.6. The van der Waals surface area contributed by atoms with Gasteiger partial charge in [-0.1, -0.05) is 29.8 Å². The summed E-state index contributed by atoms with van der Waals surface area (Å²) in [5, 5.41) is 14.2. The van der Waals surface area contributed by atoms with Crippen molar-refractivity contribution in [3.05, 3.63) is 65.2 Å². The lowest BCUT2D eigenvalue weighted by molar-refractivity contribution is -0.154. The van der Waals surface area contributed by atoms with E-state index in [9.17, 15) is 14.4 Å². The second-order valence-electron chi connectivity index (χ2n) is 6.29. The molecule has 2 rings (SSSR count). The van der Waals surface area contributed by atoms with E-state index in [4.69, 9.17) is 10.00 Å². The molecule has 0 bridgehead atoms. The second kappa shape index (κ2) is 9.33. The Morgan fingerprint density at radius 1 is 1.07 bits per heavy atom. The van der Waals surface area contributed by atoms with Crippen molar-refractivity contribution in [3.8, 4) is 6.07 Å². The van der Waals surface area contributed by atoms with E-state index in [-0.39, 0.29) is 0 Å². The number of nitriles is 1. The molecule has 0 aliphatic heterocycles. The number of nitrogens with one attached hydrogen (secondary N) is 2. The molecule has 0 unspecified atom stereocenters. The van der Waals surface area contributed by atoms with E-state index in [1.54, 1.807) is 42.5 Å². The van der Waals surface area contributed by atoms with Gasteiger partial charge >= 0.3 is 5.97 Å². The lowest BCUT2D eigenvalue weighted by atomic mass is 10.1. The number of rotatable bonds is 6. The first-order valence-corrected chi connectivity index (χ1v) is 8.70. The lowest BCUT2D eigenvalue weighted by Gasteiger charge is -2.18. The van der Waals surface area contributed by atoms with E-state index >= 15 is 0 Å². The number of hydrogen-bond acceptors (Lipinski definition) is 5. The molecule has 2 amide bonds. The van der Waals surface area contributed by atoms with Crippen molar-refractivity contribution < 1.29 is 19.1 Å². The van der Waals surface area contributed by atoms with Crippen LogP contribution in [0.5, 0.6) is 0 Å². The standard InChI is InChI=1S/C21H21N3O4/c1-13-7-6-9-16(11-13)20(26)23-14(2)21(27)28-15(3)19(25)24-18-10-5-4-8-17(18)12-22/h4-11,14-15H,1-3H3,(H,23,26)(H,24,25)/t14-,15-/m0/s1. The molecule has 7 heteroatoms. The zero-order valence-corrected chi connectivity index (χ0v) is 15.9. The third-order valence-electron chi connectivity index (χ3n) is 3.95. The molecule has 0 saturated heterocycles. The molecule has 0 aromatic heterocycles. The van der Waals surface area contributed by atoms with E-state index in [1.165, 1.54) is 13.8 Å². The number of carbonyl (C=O) groups is 3. The minimum atomic E-state index is -1.10. The summed E-state index contributed by atoms with van der Waals surface area (Å²) in [6.45, 7) is 4.75. The highest BCUT2D eigenvalue weighted by Gasteiger charge is 2.24. The molecule has 144 valence electrons. The van der Waals surface area contributed by atoms with Crippen molar-refractivity contribution in [2.75, 3.05) is 5.32 Å². The average Bonchev–Trinajstić information content (AvgIpc) is 2.68. The molecule has 0 radical (unpaired) electrons. The van der Waals surface area contributed by atoms with Gasteiger partial charge in [-0.05, 0) is 45.0 Å². The van der Waals surface area contributed by atoms with Gasteiger partial charge in [-0.2, -0.15) is 5.26 Å². The zero-order valence-electron chi connectivity index (χ0n) is 15.9. The molecule has 0 heterocycles. The minimum absolute atomic E-state index is 0.299. The van der Waals surface area contributed by atoms with Crippen LogP contribution in [0.2, 0.25) is 0 Å². The fraction of sp³-hybridized carbons (Fsp3) is 0.238. The molecular weight excluding hydrogens is 358 g/mol. The molecule has 7 nitrogen and oxygen atoms in total. The van der Waals surface area contributed by atoms with E-state index in [0.29, 0.717) is 16.8 Å².